The number of alkyl halides is 3. The first-order valence-corrected chi connectivity index (χ1v) is 4.65. The van der Waals surface area contributed by atoms with Gasteiger partial charge in [-0.2, -0.15) is 13.2 Å². The maximum atomic E-state index is 12.1. The Labute approximate surface area is 85.1 Å². The average Bonchev–Trinajstić information content (AvgIpc) is 1.99. The van der Waals surface area contributed by atoms with Crippen LogP contribution in [-0.4, -0.2) is 48.0 Å². The van der Waals surface area contributed by atoms with Gasteiger partial charge in [0.1, 0.15) is 0 Å². The lowest BCUT2D eigenvalue weighted by Gasteiger charge is -2.32. The molecular formula is C8H13F3N2O2. The molecule has 0 bridgehead atoms. The molecule has 1 heterocycles. The smallest absolute Gasteiger partial charge is 0.404 e. The SMILES string of the molecule is O=C(O)NC1CCCN(CC(F)(F)F)C1. The highest BCUT2D eigenvalue weighted by atomic mass is 19.4. The van der Waals surface area contributed by atoms with Crippen LogP contribution in [0, 0.1) is 0 Å². The van der Waals surface area contributed by atoms with Crippen molar-refractivity contribution in [1.82, 2.24) is 10.2 Å². The second-order valence-corrected chi connectivity index (χ2v) is 3.64. The number of nitrogens with zero attached hydrogens (tertiary/aromatic N) is 1. The molecular weight excluding hydrogens is 213 g/mol. The van der Waals surface area contributed by atoms with Gasteiger partial charge in [0, 0.05) is 12.6 Å². The van der Waals surface area contributed by atoms with E-state index in [2.05, 4.69) is 5.32 Å². The lowest BCUT2D eigenvalue weighted by molar-refractivity contribution is -0.148. The van der Waals surface area contributed by atoms with Crippen LogP contribution in [0.1, 0.15) is 12.8 Å². The van der Waals surface area contributed by atoms with E-state index in [4.69, 9.17) is 5.11 Å². The first kappa shape index (κ1) is 12.1. The van der Waals surface area contributed by atoms with E-state index in [1.54, 1.807) is 0 Å². The summed E-state index contributed by atoms with van der Waals surface area (Å²) in [5.41, 5.74) is 0. The molecule has 0 saturated carbocycles. The van der Waals surface area contributed by atoms with Gasteiger partial charge in [-0.15, -0.1) is 0 Å². The lowest BCUT2D eigenvalue weighted by Crippen LogP contribution is -2.49. The number of rotatable bonds is 2. The highest BCUT2D eigenvalue weighted by Crippen LogP contribution is 2.19. The zero-order valence-corrected chi connectivity index (χ0v) is 8.05. The normalized spacial score (nSPS) is 23.8. The summed E-state index contributed by atoms with van der Waals surface area (Å²) in [6.45, 7) is -0.464. The number of amides is 1. The number of piperidine rings is 1. The molecule has 0 aromatic rings. The molecule has 1 fully saturated rings. The standard InChI is InChI=1S/C8H13F3N2O2/c9-8(10,11)5-13-3-1-2-6(4-13)12-7(14)15/h6,12H,1-5H2,(H,14,15). The van der Waals surface area contributed by atoms with Gasteiger partial charge in [0.15, 0.2) is 0 Å². The predicted octanol–water partition coefficient (Wildman–Crippen LogP) is 1.28. The van der Waals surface area contributed by atoms with Crippen LogP contribution in [0.25, 0.3) is 0 Å². The molecule has 15 heavy (non-hydrogen) atoms. The van der Waals surface area contributed by atoms with Crippen LogP contribution in [0.4, 0.5) is 18.0 Å². The van der Waals surface area contributed by atoms with Crippen molar-refractivity contribution in [2.75, 3.05) is 19.6 Å². The Hall–Kier alpha value is -0.980. The monoisotopic (exact) mass is 226 g/mol. The van der Waals surface area contributed by atoms with E-state index in [1.807, 2.05) is 0 Å². The molecule has 0 aromatic heterocycles. The van der Waals surface area contributed by atoms with Gasteiger partial charge >= 0.3 is 12.3 Å². The summed E-state index contributed by atoms with van der Waals surface area (Å²) >= 11 is 0. The summed E-state index contributed by atoms with van der Waals surface area (Å²) < 4.78 is 36.2. The van der Waals surface area contributed by atoms with Gasteiger partial charge < -0.3 is 10.4 Å². The van der Waals surface area contributed by atoms with Crippen molar-refractivity contribution in [2.45, 2.75) is 25.1 Å². The zero-order chi connectivity index (χ0) is 11.5. The average molecular weight is 226 g/mol. The molecule has 1 aliphatic heterocycles. The third-order valence-corrected chi connectivity index (χ3v) is 2.24. The maximum Gasteiger partial charge on any atom is 0.404 e. The van der Waals surface area contributed by atoms with Gasteiger partial charge in [-0.05, 0) is 19.4 Å². The van der Waals surface area contributed by atoms with Crippen LogP contribution in [0.15, 0.2) is 0 Å². The van der Waals surface area contributed by atoms with Crippen molar-refractivity contribution < 1.29 is 23.1 Å². The van der Waals surface area contributed by atoms with E-state index >= 15 is 0 Å². The minimum absolute atomic E-state index is 0.131. The molecule has 88 valence electrons. The molecule has 0 aromatic carbocycles. The Morgan fingerprint density at radius 3 is 2.73 bits per heavy atom. The number of carboxylic acid groups (broad SMARTS) is 1. The summed E-state index contributed by atoms with van der Waals surface area (Å²) in [5, 5.41) is 10.6. The molecule has 2 N–H and O–H groups in total. The third kappa shape index (κ3) is 4.87. The largest absolute Gasteiger partial charge is 0.465 e. The van der Waals surface area contributed by atoms with Gasteiger partial charge in [-0.1, -0.05) is 0 Å². The second kappa shape index (κ2) is 4.69. The van der Waals surface area contributed by atoms with Crippen LogP contribution in [0.2, 0.25) is 0 Å². The minimum Gasteiger partial charge on any atom is -0.465 e. The molecule has 1 aliphatic rings. The van der Waals surface area contributed by atoms with Crippen molar-refractivity contribution in [3.05, 3.63) is 0 Å². The first-order valence-electron chi connectivity index (χ1n) is 4.65. The molecule has 1 unspecified atom stereocenters. The molecule has 7 heteroatoms. The van der Waals surface area contributed by atoms with Gasteiger partial charge in [0.2, 0.25) is 0 Å². The topological polar surface area (TPSA) is 52.6 Å². The summed E-state index contributed by atoms with van der Waals surface area (Å²) in [5.74, 6) is 0. The highest BCUT2D eigenvalue weighted by molar-refractivity contribution is 5.64. The number of likely N-dealkylation sites (tertiary alicyclic amines) is 1. The van der Waals surface area contributed by atoms with Crippen LogP contribution >= 0.6 is 0 Å². The Balaban J connectivity index is 2.38. The van der Waals surface area contributed by atoms with E-state index in [9.17, 15) is 18.0 Å². The van der Waals surface area contributed by atoms with Crippen LogP contribution in [-0.2, 0) is 0 Å². The van der Waals surface area contributed by atoms with Crippen molar-refractivity contribution >= 4 is 6.09 Å². The number of carbonyl (C=O) groups is 1. The van der Waals surface area contributed by atoms with E-state index in [0.717, 1.165) is 0 Å². The van der Waals surface area contributed by atoms with E-state index in [0.29, 0.717) is 19.4 Å². The van der Waals surface area contributed by atoms with Gasteiger partial charge in [-0.25, -0.2) is 4.79 Å². The highest BCUT2D eigenvalue weighted by Gasteiger charge is 2.33. The third-order valence-electron chi connectivity index (χ3n) is 2.24. The molecule has 1 atom stereocenters. The number of nitrogens with one attached hydrogen (secondary N) is 1. The summed E-state index contributed by atoms with van der Waals surface area (Å²) in [6, 6.07) is -0.390. The Bertz CT molecular complexity index is 232. The first-order chi connectivity index (χ1) is 6.87. The number of hydrogen-bond acceptors (Lipinski definition) is 2. The number of hydrogen-bond donors (Lipinski definition) is 2. The Morgan fingerprint density at radius 1 is 1.53 bits per heavy atom. The lowest BCUT2D eigenvalue weighted by atomic mass is 10.1. The quantitative estimate of drug-likeness (QED) is 0.745. The van der Waals surface area contributed by atoms with Crippen LogP contribution < -0.4 is 5.32 Å². The molecule has 0 spiro atoms. The molecule has 1 saturated heterocycles. The van der Waals surface area contributed by atoms with E-state index < -0.39 is 24.9 Å². The maximum absolute atomic E-state index is 12.1. The molecule has 0 aliphatic carbocycles. The fraction of sp³-hybridized carbons (Fsp3) is 0.875. The fourth-order valence-electron chi connectivity index (χ4n) is 1.75. The molecule has 4 nitrogen and oxygen atoms in total. The minimum atomic E-state index is -4.22. The summed E-state index contributed by atoms with van der Waals surface area (Å²) in [7, 11) is 0. The van der Waals surface area contributed by atoms with Crippen LogP contribution in [0.5, 0.6) is 0 Å². The van der Waals surface area contributed by atoms with E-state index in [-0.39, 0.29) is 6.54 Å². The van der Waals surface area contributed by atoms with Crippen molar-refractivity contribution in [1.29, 1.82) is 0 Å². The zero-order valence-electron chi connectivity index (χ0n) is 8.05. The Morgan fingerprint density at radius 2 is 2.20 bits per heavy atom. The summed E-state index contributed by atoms with van der Waals surface area (Å²) in [4.78, 5) is 11.5. The predicted molar refractivity (Wildman–Crippen MR) is 46.7 cm³/mol. The Kier molecular flexibility index (Phi) is 3.78. The van der Waals surface area contributed by atoms with Gasteiger partial charge in [0.05, 0.1) is 6.54 Å². The van der Waals surface area contributed by atoms with Crippen LogP contribution in [0.3, 0.4) is 0 Å². The van der Waals surface area contributed by atoms with Gasteiger partial charge in [0.25, 0.3) is 0 Å². The molecule has 0 radical (unpaired) electrons. The number of halogens is 3. The molecule has 1 rings (SSSR count). The van der Waals surface area contributed by atoms with Crippen molar-refractivity contribution in [2.24, 2.45) is 0 Å². The fourth-order valence-corrected chi connectivity index (χ4v) is 1.75. The van der Waals surface area contributed by atoms with Crippen molar-refractivity contribution in [3.8, 4) is 0 Å². The molecule has 1 amide bonds. The van der Waals surface area contributed by atoms with Gasteiger partial charge in [-0.3, -0.25) is 4.90 Å². The summed E-state index contributed by atoms with van der Waals surface area (Å²) in [6.07, 6.45) is -4.22. The van der Waals surface area contributed by atoms with E-state index in [1.165, 1.54) is 4.90 Å². The van der Waals surface area contributed by atoms with Crippen molar-refractivity contribution in [3.63, 3.8) is 0 Å². The second-order valence-electron chi connectivity index (χ2n) is 3.64.